The van der Waals surface area contributed by atoms with Crippen molar-refractivity contribution >= 4 is 11.7 Å². The van der Waals surface area contributed by atoms with Crippen LogP contribution in [0.1, 0.15) is 18.1 Å². The van der Waals surface area contributed by atoms with Gasteiger partial charge < -0.3 is 20.4 Å². The molecular formula is C16H24N4O. The first-order chi connectivity index (χ1) is 10.2. The van der Waals surface area contributed by atoms with Crippen LogP contribution in [0.5, 0.6) is 0 Å². The third-order valence-corrected chi connectivity index (χ3v) is 4.49. The zero-order valence-electron chi connectivity index (χ0n) is 12.9. The van der Waals surface area contributed by atoms with Crippen molar-refractivity contribution < 1.29 is 4.79 Å². The SMILES string of the molecule is CCNCc1ccc(N2CCN3C(=O)NCC3C2)cc1C. The van der Waals surface area contributed by atoms with Crippen LogP contribution >= 0.6 is 0 Å². The highest BCUT2D eigenvalue weighted by Gasteiger charge is 2.35. The molecule has 0 aliphatic carbocycles. The largest absolute Gasteiger partial charge is 0.368 e. The fraction of sp³-hybridized carbons (Fsp3) is 0.562. The molecule has 1 atom stereocenters. The van der Waals surface area contributed by atoms with E-state index in [2.05, 4.69) is 47.6 Å². The van der Waals surface area contributed by atoms with Gasteiger partial charge in [0, 0.05) is 38.4 Å². The number of rotatable bonds is 4. The van der Waals surface area contributed by atoms with Crippen molar-refractivity contribution in [3.8, 4) is 0 Å². The molecule has 2 aliphatic rings. The predicted octanol–water partition coefficient (Wildman–Crippen LogP) is 1.32. The zero-order valence-corrected chi connectivity index (χ0v) is 12.9. The number of amides is 2. The third kappa shape index (κ3) is 2.83. The first kappa shape index (κ1) is 14.2. The molecule has 2 amide bonds. The van der Waals surface area contributed by atoms with E-state index in [-0.39, 0.29) is 6.03 Å². The number of carbonyl (C=O) groups is 1. The molecule has 5 heteroatoms. The van der Waals surface area contributed by atoms with Crippen LogP contribution in [0, 0.1) is 6.92 Å². The second-order valence-electron chi connectivity index (χ2n) is 5.87. The Labute approximate surface area is 126 Å². The lowest BCUT2D eigenvalue weighted by Gasteiger charge is -2.38. The predicted molar refractivity (Wildman–Crippen MR) is 84.7 cm³/mol. The van der Waals surface area contributed by atoms with Gasteiger partial charge in [0.1, 0.15) is 0 Å². The Morgan fingerprint density at radius 3 is 3.00 bits per heavy atom. The summed E-state index contributed by atoms with van der Waals surface area (Å²) in [5.74, 6) is 0. The second kappa shape index (κ2) is 5.93. The summed E-state index contributed by atoms with van der Waals surface area (Å²) < 4.78 is 0. The fourth-order valence-corrected chi connectivity index (χ4v) is 3.17. The highest BCUT2D eigenvalue weighted by Crippen LogP contribution is 2.23. The van der Waals surface area contributed by atoms with E-state index in [1.54, 1.807) is 0 Å². The molecule has 2 aliphatic heterocycles. The Bertz CT molecular complexity index is 531. The maximum absolute atomic E-state index is 11.6. The summed E-state index contributed by atoms with van der Waals surface area (Å²) in [4.78, 5) is 16.0. The maximum Gasteiger partial charge on any atom is 0.317 e. The topological polar surface area (TPSA) is 47.6 Å². The summed E-state index contributed by atoms with van der Waals surface area (Å²) >= 11 is 0. The van der Waals surface area contributed by atoms with Crippen LogP contribution in [0.2, 0.25) is 0 Å². The Morgan fingerprint density at radius 2 is 2.24 bits per heavy atom. The monoisotopic (exact) mass is 288 g/mol. The van der Waals surface area contributed by atoms with Crippen molar-refractivity contribution in [1.82, 2.24) is 15.5 Å². The molecule has 114 valence electrons. The van der Waals surface area contributed by atoms with Crippen LogP contribution in [0.15, 0.2) is 18.2 Å². The quantitative estimate of drug-likeness (QED) is 0.878. The summed E-state index contributed by atoms with van der Waals surface area (Å²) in [5, 5.41) is 6.30. The number of aryl methyl sites for hydroxylation is 1. The number of anilines is 1. The summed E-state index contributed by atoms with van der Waals surface area (Å²) in [6, 6.07) is 7.11. The fourth-order valence-electron chi connectivity index (χ4n) is 3.17. The van der Waals surface area contributed by atoms with Gasteiger partial charge in [-0.2, -0.15) is 0 Å². The van der Waals surface area contributed by atoms with Crippen molar-refractivity contribution in [3.05, 3.63) is 29.3 Å². The molecule has 0 spiro atoms. The molecule has 2 heterocycles. The van der Waals surface area contributed by atoms with Crippen LogP contribution in [-0.4, -0.2) is 49.7 Å². The lowest BCUT2D eigenvalue weighted by molar-refractivity contribution is 0.197. The molecule has 1 unspecified atom stereocenters. The van der Waals surface area contributed by atoms with E-state index >= 15 is 0 Å². The van der Waals surface area contributed by atoms with Crippen LogP contribution in [0.3, 0.4) is 0 Å². The second-order valence-corrected chi connectivity index (χ2v) is 5.87. The van der Waals surface area contributed by atoms with Crippen molar-refractivity contribution in [2.24, 2.45) is 0 Å². The Kier molecular flexibility index (Phi) is 4.01. The van der Waals surface area contributed by atoms with Gasteiger partial charge in [-0.05, 0) is 36.7 Å². The number of carbonyl (C=O) groups excluding carboxylic acids is 1. The number of benzene rings is 1. The van der Waals surface area contributed by atoms with Gasteiger partial charge >= 0.3 is 6.03 Å². The van der Waals surface area contributed by atoms with Crippen LogP contribution < -0.4 is 15.5 Å². The Hall–Kier alpha value is -1.75. The first-order valence-electron chi connectivity index (χ1n) is 7.78. The number of hydrogen-bond acceptors (Lipinski definition) is 3. The molecular weight excluding hydrogens is 264 g/mol. The Morgan fingerprint density at radius 1 is 1.38 bits per heavy atom. The number of nitrogens with one attached hydrogen (secondary N) is 2. The van der Waals surface area contributed by atoms with Gasteiger partial charge in [0.05, 0.1) is 6.04 Å². The molecule has 2 saturated heterocycles. The molecule has 0 radical (unpaired) electrons. The highest BCUT2D eigenvalue weighted by molar-refractivity contribution is 5.77. The first-order valence-corrected chi connectivity index (χ1v) is 7.78. The van der Waals surface area contributed by atoms with E-state index in [1.807, 2.05) is 4.90 Å². The van der Waals surface area contributed by atoms with Gasteiger partial charge in [-0.15, -0.1) is 0 Å². The van der Waals surface area contributed by atoms with Crippen molar-refractivity contribution in [3.63, 3.8) is 0 Å². The van der Waals surface area contributed by atoms with Crippen LogP contribution in [-0.2, 0) is 6.54 Å². The molecule has 1 aromatic rings. The van der Waals surface area contributed by atoms with Crippen molar-refractivity contribution in [2.75, 3.05) is 37.6 Å². The lowest BCUT2D eigenvalue weighted by Crippen LogP contribution is -2.52. The maximum atomic E-state index is 11.6. The molecule has 1 aromatic carbocycles. The summed E-state index contributed by atoms with van der Waals surface area (Å²) in [5.41, 5.74) is 3.96. The van der Waals surface area contributed by atoms with Gasteiger partial charge in [-0.25, -0.2) is 4.79 Å². The molecule has 0 saturated carbocycles. The van der Waals surface area contributed by atoms with Crippen molar-refractivity contribution in [1.29, 1.82) is 0 Å². The molecule has 2 fully saturated rings. The standard InChI is InChI=1S/C16H24N4O/c1-3-17-9-13-4-5-14(8-12(13)2)19-6-7-20-15(11-19)10-18-16(20)21/h4-5,8,15,17H,3,6-7,9-11H2,1-2H3,(H,18,21). The average molecular weight is 288 g/mol. The minimum absolute atomic E-state index is 0.0943. The number of fused-ring (bicyclic) bond motifs is 1. The van der Waals surface area contributed by atoms with E-state index in [4.69, 9.17) is 0 Å². The van der Waals surface area contributed by atoms with E-state index in [0.29, 0.717) is 6.04 Å². The zero-order chi connectivity index (χ0) is 14.8. The van der Waals surface area contributed by atoms with E-state index < -0.39 is 0 Å². The molecule has 21 heavy (non-hydrogen) atoms. The van der Waals surface area contributed by atoms with Gasteiger partial charge in [-0.3, -0.25) is 0 Å². The summed E-state index contributed by atoms with van der Waals surface area (Å²) in [6.07, 6.45) is 0. The Balaban J connectivity index is 1.70. The highest BCUT2D eigenvalue weighted by atomic mass is 16.2. The van der Waals surface area contributed by atoms with Crippen LogP contribution in [0.4, 0.5) is 10.5 Å². The van der Waals surface area contributed by atoms with E-state index in [0.717, 1.165) is 39.3 Å². The van der Waals surface area contributed by atoms with Gasteiger partial charge in [0.2, 0.25) is 0 Å². The minimum Gasteiger partial charge on any atom is -0.368 e. The normalized spacial score (nSPS) is 21.4. The molecule has 0 bridgehead atoms. The molecule has 0 aromatic heterocycles. The summed E-state index contributed by atoms with van der Waals surface area (Å²) in [6.45, 7) is 9.64. The number of urea groups is 1. The minimum atomic E-state index is 0.0943. The van der Waals surface area contributed by atoms with E-state index in [1.165, 1.54) is 16.8 Å². The molecule has 2 N–H and O–H groups in total. The van der Waals surface area contributed by atoms with Gasteiger partial charge in [0.15, 0.2) is 0 Å². The molecule has 3 rings (SSSR count). The smallest absolute Gasteiger partial charge is 0.317 e. The number of nitrogens with zero attached hydrogens (tertiary/aromatic N) is 2. The average Bonchev–Trinajstić information content (AvgIpc) is 2.87. The van der Waals surface area contributed by atoms with Gasteiger partial charge in [-0.1, -0.05) is 13.0 Å². The third-order valence-electron chi connectivity index (χ3n) is 4.49. The molecule has 5 nitrogen and oxygen atoms in total. The van der Waals surface area contributed by atoms with Gasteiger partial charge in [0.25, 0.3) is 0 Å². The lowest BCUT2D eigenvalue weighted by atomic mass is 10.1. The number of hydrogen-bond donors (Lipinski definition) is 2. The van der Waals surface area contributed by atoms with E-state index in [9.17, 15) is 4.79 Å². The van der Waals surface area contributed by atoms with Crippen LogP contribution in [0.25, 0.3) is 0 Å². The summed E-state index contributed by atoms with van der Waals surface area (Å²) in [7, 11) is 0. The number of piperazine rings is 1. The van der Waals surface area contributed by atoms with Crippen molar-refractivity contribution in [2.45, 2.75) is 26.4 Å².